The second-order valence-electron chi connectivity index (χ2n) is 6.67. The van der Waals surface area contributed by atoms with Gasteiger partial charge in [-0.15, -0.1) is 0 Å². The molecule has 0 aliphatic rings. The van der Waals surface area contributed by atoms with Crippen molar-refractivity contribution in [3.8, 4) is 5.69 Å². The molecule has 0 spiro atoms. The summed E-state index contributed by atoms with van der Waals surface area (Å²) in [6.07, 6.45) is 0. The molecule has 0 bridgehead atoms. The summed E-state index contributed by atoms with van der Waals surface area (Å²) in [6, 6.07) is 20.3. The number of carbonyl (C=O) groups excluding carboxylic acids is 2. The number of anilines is 1. The monoisotopic (exact) mass is 403 g/mol. The molecule has 1 amide bonds. The first kappa shape index (κ1) is 19.3. The minimum atomic E-state index is -0.641. The summed E-state index contributed by atoms with van der Waals surface area (Å²) in [5.41, 5.74) is 3.06. The van der Waals surface area contributed by atoms with Crippen LogP contribution in [0.5, 0.6) is 0 Å². The Morgan fingerprint density at radius 2 is 1.83 bits per heavy atom. The Bertz CT molecular complexity index is 1240. The standard InChI is InChI=1S/C23H18FN3O3/c1-15-25-20-12-16(10-11-21(20)27(15)19-8-3-2-4-9-19)23(29)30-14-22(28)26-18-7-5-6-17(24)13-18/h2-13H,14H2,1H3,(H,26,28). The van der Waals surface area contributed by atoms with E-state index in [4.69, 9.17) is 4.74 Å². The molecule has 0 aliphatic heterocycles. The van der Waals surface area contributed by atoms with Crippen LogP contribution < -0.4 is 5.32 Å². The van der Waals surface area contributed by atoms with E-state index in [1.807, 2.05) is 41.8 Å². The van der Waals surface area contributed by atoms with Gasteiger partial charge in [0.15, 0.2) is 6.61 Å². The predicted octanol–water partition coefficient (Wildman–Crippen LogP) is 4.27. The zero-order valence-corrected chi connectivity index (χ0v) is 16.1. The maximum absolute atomic E-state index is 13.2. The first-order chi connectivity index (χ1) is 14.5. The largest absolute Gasteiger partial charge is 0.452 e. The smallest absolute Gasteiger partial charge is 0.338 e. The molecule has 1 heterocycles. The fourth-order valence-corrected chi connectivity index (χ4v) is 3.21. The number of ether oxygens (including phenoxy) is 1. The van der Waals surface area contributed by atoms with E-state index in [-0.39, 0.29) is 0 Å². The van der Waals surface area contributed by atoms with Crippen LogP contribution in [0.15, 0.2) is 72.8 Å². The van der Waals surface area contributed by atoms with Gasteiger partial charge in [0, 0.05) is 11.4 Å². The van der Waals surface area contributed by atoms with E-state index >= 15 is 0 Å². The Morgan fingerprint density at radius 1 is 1.03 bits per heavy atom. The third kappa shape index (κ3) is 4.05. The fourth-order valence-electron chi connectivity index (χ4n) is 3.21. The molecule has 0 saturated heterocycles. The number of hydrogen-bond acceptors (Lipinski definition) is 4. The first-order valence-electron chi connectivity index (χ1n) is 9.28. The molecule has 0 fully saturated rings. The molecule has 3 aromatic carbocycles. The number of imidazole rings is 1. The highest BCUT2D eigenvalue weighted by Gasteiger charge is 2.15. The molecule has 1 aromatic heterocycles. The zero-order valence-electron chi connectivity index (χ0n) is 16.1. The average molecular weight is 403 g/mol. The van der Waals surface area contributed by atoms with Gasteiger partial charge in [-0.05, 0) is 55.5 Å². The third-order valence-corrected chi connectivity index (χ3v) is 4.52. The van der Waals surface area contributed by atoms with Crippen LogP contribution in [0.3, 0.4) is 0 Å². The highest BCUT2D eigenvalue weighted by molar-refractivity contribution is 5.97. The second kappa shape index (κ2) is 8.16. The SMILES string of the molecule is Cc1nc2cc(C(=O)OCC(=O)Nc3cccc(F)c3)ccc2n1-c1ccccc1. The third-order valence-electron chi connectivity index (χ3n) is 4.52. The quantitative estimate of drug-likeness (QED) is 0.505. The molecule has 150 valence electrons. The summed E-state index contributed by atoms with van der Waals surface area (Å²) < 4.78 is 20.3. The molecule has 6 nitrogen and oxygen atoms in total. The van der Waals surface area contributed by atoms with Gasteiger partial charge in [-0.2, -0.15) is 0 Å². The number of benzene rings is 3. The van der Waals surface area contributed by atoms with E-state index in [1.54, 1.807) is 24.3 Å². The lowest BCUT2D eigenvalue weighted by molar-refractivity contribution is -0.119. The van der Waals surface area contributed by atoms with Gasteiger partial charge in [0.2, 0.25) is 0 Å². The highest BCUT2D eigenvalue weighted by Crippen LogP contribution is 2.22. The van der Waals surface area contributed by atoms with Gasteiger partial charge < -0.3 is 10.1 Å². The number of para-hydroxylation sites is 1. The van der Waals surface area contributed by atoms with Crippen molar-refractivity contribution >= 4 is 28.6 Å². The molecule has 0 atom stereocenters. The first-order valence-corrected chi connectivity index (χ1v) is 9.28. The van der Waals surface area contributed by atoms with Crippen molar-refractivity contribution in [1.29, 1.82) is 0 Å². The maximum atomic E-state index is 13.2. The Balaban J connectivity index is 1.47. The summed E-state index contributed by atoms with van der Waals surface area (Å²) in [4.78, 5) is 28.8. The van der Waals surface area contributed by atoms with E-state index in [9.17, 15) is 14.0 Å². The van der Waals surface area contributed by atoms with Gasteiger partial charge in [0.1, 0.15) is 11.6 Å². The van der Waals surface area contributed by atoms with Gasteiger partial charge in [-0.25, -0.2) is 14.2 Å². The number of amides is 1. The number of halogens is 1. The van der Waals surface area contributed by atoms with Crippen molar-refractivity contribution in [1.82, 2.24) is 9.55 Å². The lowest BCUT2D eigenvalue weighted by Crippen LogP contribution is -2.21. The number of rotatable bonds is 5. The van der Waals surface area contributed by atoms with Crippen molar-refractivity contribution in [3.05, 3.63) is 90.0 Å². The number of hydrogen-bond donors (Lipinski definition) is 1. The average Bonchev–Trinajstić information content (AvgIpc) is 3.07. The molecule has 7 heteroatoms. The number of nitrogens with one attached hydrogen (secondary N) is 1. The highest BCUT2D eigenvalue weighted by atomic mass is 19.1. The summed E-state index contributed by atoms with van der Waals surface area (Å²) in [5.74, 6) is -0.878. The Morgan fingerprint density at radius 3 is 2.60 bits per heavy atom. The predicted molar refractivity (Wildman–Crippen MR) is 111 cm³/mol. The van der Waals surface area contributed by atoms with E-state index in [1.165, 1.54) is 18.2 Å². The van der Waals surface area contributed by atoms with Crippen molar-refractivity contribution in [2.75, 3.05) is 11.9 Å². The molecule has 4 aromatic rings. The van der Waals surface area contributed by atoms with Crippen LogP contribution in [0, 0.1) is 12.7 Å². The number of esters is 1. The molecular weight excluding hydrogens is 385 g/mol. The van der Waals surface area contributed by atoms with Crippen LogP contribution in [0.25, 0.3) is 16.7 Å². The van der Waals surface area contributed by atoms with E-state index in [0.717, 1.165) is 17.0 Å². The summed E-state index contributed by atoms with van der Waals surface area (Å²) >= 11 is 0. The normalized spacial score (nSPS) is 10.7. The number of nitrogens with zero attached hydrogens (tertiary/aromatic N) is 2. The van der Waals surface area contributed by atoms with Crippen LogP contribution in [-0.4, -0.2) is 28.0 Å². The second-order valence-corrected chi connectivity index (χ2v) is 6.67. The number of fused-ring (bicyclic) bond motifs is 1. The van der Waals surface area contributed by atoms with Gasteiger partial charge in [-0.1, -0.05) is 24.3 Å². The Hall–Kier alpha value is -4.00. The van der Waals surface area contributed by atoms with Gasteiger partial charge >= 0.3 is 5.97 Å². The number of carbonyl (C=O) groups is 2. The fraction of sp³-hybridized carbons (Fsp3) is 0.0870. The van der Waals surface area contributed by atoms with Gasteiger partial charge in [0.05, 0.1) is 16.6 Å². The molecule has 30 heavy (non-hydrogen) atoms. The van der Waals surface area contributed by atoms with Crippen LogP contribution in [0.2, 0.25) is 0 Å². The van der Waals surface area contributed by atoms with Crippen LogP contribution in [-0.2, 0) is 9.53 Å². The molecule has 4 rings (SSSR count). The van der Waals surface area contributed by atoms with Gasteiger partial charge in [-0.3, -0.25) is 9.36 Å². The van der Waals surface area contributed by atoms with E-state index in [2.05, 4.69) is 10.3 Å². The van der Waals surface area contributed by atoms with Crippen molar-refractivity contribution in [2.24, 2.45) is 0 Å². The lowest BCUT2D eigenvalue weighted by atomic mass is 10.2. The van der Waals surface area contributed by atoms with Crippen LogP contribution in [0.4, 0.5) is 10.1 Å². The van der Waals surface area contributed by atoms with Crippen molar-refractivity contribution in [2.45, 2.75) is 6.92 Å². The Labute approximate surface area is 171 Å². The molecule has 1 N–H and O–H groups in total. The van der Waals surface area contributed by atoms with E-state index in [0.29, 0.717) is 16.8 Å². The maximum Gasteiger partial charge on any atom is 0.338 e. The lowest BCUT2D eigenvalue weighted by Gasteiger charge is -2.08. The Kier molecular flexibility index (Phi) is 5.26. The zero-order chi connectivity index (χ0) is 21.1. The topological polar surface area (TPSA) is 73.2 Å². The molecular formula is C23H18FN3O3. The molecule has 0 aliphatic carbocycles. The van der Waals surface area contributed by atoms with Crippen LogP contribution in [0.1, 0.15) is 16.2 Å². The van der Waals surface area contributed by atoms with Gasteiger partial charge in [0.25, 0.3) is 5.91 Å². The van der Waals surface area contributed by atoms with Crippen LogP contribution >= 0.6 is 0 Å². The van der Waals surface area contributed by atoms with E-state index < -0.39 is 24.3 Å². The number of aryl methyl sites for hydroxylation is 1. The molecule has 0 radical (unpaired) electrons. The summed E-state index contributed by atoms with van der Waals surface area (Å²) in [6.45, 7) is 1.41. The minimum absolute atomic E-state index is 0.291. The van der Waals surface area contributed by atoms with Crippen molar-refractivity contribution < 1.29 is 18.7 Å². The number of aromatic nitrogens is 2. The summed E-state index contributed by atoms with van der Waals surface area (Å²) in [7, 11) is 0. The summed E-state index contributed by atoms with van der Waals surface area (Å²) in [5, 5.41) is 2.48. The van der Waals surface area contributed by atoms with Crippen molar-refractivity contribution in [3.63, 3.8) is 0 Å². The minimum Gasteiger partial charge on any atom is -0.452 e. The molecule has 0 saturated carbocycles. The molecule has 0 unspecified atom stereocenters.